The molecule has 2 aliphatic heterocycles. The molecule has 5 rings (SSSR count). The topological polar surface area (TPSA) is 58.6 Å². The van der Waals surface area contributed by atoms with Crippen LogP contribution in [0.3, 0.4) is 0 Å². The SMILES string of the molecule is Cc1cccc(C(c2ccccc2)C2CCN(C(=O)c3ccc4c(c3)NC(=O)CO4)CC2)c1. The highest BCUT2D eigenvalue weighted by molar-refractivity contribution is 5.99. The summed E-state index contributed by atoms with van der Waals surface area (Å²) in [6.07, 6.45) is 1.90. The molecule has 1 atom stereocenters. The number of rotatable bonds is 4. The number of benzene rings is 3. The van der Waals surface area contributed by atoms with E-state index >= 15 is 0 Å². The summed E-state index contributed by atoms with van der Waals surface area (Å²) in [7, 11) is 0. The summed E-state index contributed by atoms with van der Waals surface area (Å²) in [5, 5.41) is 2.79. The van der Waals surface area contributed by atoms with Gasteiger partial charge in [-0.15, -0.1) is 0 Å². The maximum atomic E-state index is 13.2. The monoisotopic (exact) mass is 440 g/mol. The predicted octanol–water partition coefficient (Wildman–Crippen LogP) is 5.01. The van der Waals surface area contributed by atoms with Crippen LogP contribution in [0.1, 0.15) is 45.8 Å². The van der Waals surface area contributed by atoms with E-state index in [1.807, 2.05) is 4.90 Å². The maximum Gasteiger partial charge on any atom is 0.262 e. The minimum Gasteiger partial charge on any atom is -0.482 e. The van der Waals surface area contributed by atoms with Crippen LogP contribution in [0.4, 0.5) is 5.69 Å². The van der Waals surface area contributed by atoms with E-state index in [-0.39, 0.29) is 18.4 Å². The van der Waals surface area contributed by atoms with Crippen molar-refractivity contribution < 1.29 is 14.3 Å². The summed E-state index contributed by atoms with van der Waals surface area (Å²) >= 11 is 0. The molecule has 2 amide bonds. The number of anilines is 1. The van der Waals surface area contributed by atoms with Crippen LogP contribution in [-0.4, -0.2) is 36.4 Å². The quantitative estimate of drug-likeness (QED) is 0.620. The number of fused-ring (bicyclic) bond motifs is 1. The highest BCUT2D eigenvalue weighted by Gasteiger charge is 2.31. The molecule has 0 aliphatic carbocycles. The first-order valence-electron chi connectivity index (χ1n) is 11.6. The molecule has 5 heteroatoms. The van der Waals surface area contributed by atoms with E-state index in [9.17, 15) is 9.59 Å². The summed E-state index contributed by atoms with van der Waals surface area (Å²) in [6.45, 7) is 3.59. The Kier molecular flexibility index (Phi) is 5.86. The average Bonchev–Trinajstić information content (AvgIpc) is 2.84. The number of nitrogens with zero attached hydrogens (tertiary/aromatic N) is 1. The second-order valence-corrected chi connectivity index (χ2v) is 8.98. The molecule has 168 valence electrons. The summed E-state index contributed by atoms with van der Waals surface area (Å²) in [5.74, 6) is 1.20. The second-order valence-electron chi connectivity index (χ2n) is 8.98. The lowest BCUT2D eigenvalue weighted by atomic mass is 9.76. The molecule has 5 nitrogen and oxygen atoms in total. The minimum atomic E-state index is -0.198. The van der Waals surface area contributed by atoms with Crippen LogP contribution >= 0.6 is 0 Å². The van der Waals surface area contributed by atoms with Gasteiger partial charge in [-0.1, -0.05) is 60.2 Å². The Balaban J connectivity index is 1.32. The van der Waals surface area contributed by atoms with Gasteiger partial charge in [0.05, 0.1) is 5.69 Å². The van der Waals surface area contributed by atoms with Crippen LogP contribution in [0.25, 0.3) is 0 Å². The molecule has 3 aromatic carbocycles. The first-order valence-corrected chi connectivity index (χ1v) is 11.6. The number of carbonyl (C=O) groups excluding carboxylic acids is 2. The smallest absolute Gasteiger partial charge is 0.262 e. The Morgan fingerprint density at radius 1 is 0.970 bits per heavy atom. The van der Waals surface area contributed by atoms with E-state index in [0.717, 1.165) is 25.9 Å². The first kappa shape index (κ1) is 21.3. The van der Waals surface area contributed by atoms with Gasteiger partial charge in [0, 0.05) is 24.6 Å². The zero-order chi connectivity index (χ0) is 22.8. The Morgan fingerprint density at radius 3 is 2.48 bits per heavy atom. The molecular weight excluding hydrogens is 412 g/mol. The highest BCUT2D eigenvalue weighted by atomic mass is 16.5. The molecule has 0 aromatic heterocycles. The number of amides is 2. The molecule has 33 heavy (non-hydrogen) atoms. The fourth-order valence-corrected chi connectivity index (χ4v) is 5.10. The number of carbonyl (C=O) groups is 2. The molecular formula is C28H28N2O3. The third kappa shape index (κ3) is 4.49. The molecule has 2 heterocycles. The molecule has 1 saturated heterocycles. The largest absolute Gasteiger partial charge is 0.482 e. The Bertz CT molecular complexity index is 1170. The van der Waals surface area contributed by atoms with Gasteiger partial charge in [0.1, 0.15) is 5.75 Å². The average molecular weight is 441 g/mol. The number of ether oxygens (including phenoxy) is 1. The van der Waals surface area contributed by atoms with Gasteiger partial charge in [0.2, 0.25) is 0 Å². The molecule has 2 aliphatic rings. The number of hydrogen-bond acceptors (Lipinski definition) is 3. The van der Waals surface area contributed by atoms with Crippen molar-refractivity contribution in [3.8, 4) is 5.75 Å². The van der Waals surface area contributed by atoms with Crippen molar-refractivity contribution in [3.63, 3.8) is 0 Å². The molecule has 1 N–H and O–H groups in total. The summed E-state index contributed by atoms with van der Waals surface area (Å²) in [6, 6.07) is 24.8. The maximum absolute atomic E-state index is 13.2. The number of piperidine rings is 1. The van der Waals surface area contributed by atoms with E-state index in [0.29, 0.717) is 28.8 Å². The lowest BCUT2D eigenvalue weighted by molar-refractivity contribution is -0.118. The van der Waals surface area contributed by atoms with E-state index in [1.54, 1.807) is 18.2 Å². The Hall–Kier alpha value is -3.60. The second kappa shape index (κ2) is 9.10. The molecule has 0 radical (unpaired) electrons. The van der Waals surface area contributed by atoms with Crippen LogP contribution in [0.2, 0.25) is 0 Å². The van der Waals surface area contributed by atoms with Crippen molar-refractivity contribution in [2.45, 2.75) is 25.7 Å². The van der Waals surface area contributed by atoms with Gasteiger partial charge >= 0.3 is 0 Å². The van der Waals surface area contributed by atoms with Gasteiger partial charge in [-0.3, -0.25) is 9.59 Å². The standard InChI is InChI=1S/C28H28N2O3/c1-19-6-5-9-22(16-19)27(20-7-3-2-4-8-20)21-12-14-30(15-13-21)28(32)23-10-11-25-24(17-23)29-26(31)18-33-25/h2-11,16-17,21,27H,12-15,18H2,1H3,(H,29,31). The number of aryl methyl sites for hydroxylation is 1. The van der Waals surface area contributed by atoms with Gasteiger partial charge in [-0.05, 0) is 55.0 Å². The van der Waals surface area contributed by atoms with Crippen LogP contribution < -0.4 is 10.1 Å². The molecule has 1 unspecified atom stereocenters. The minimum absolute atomic E-state index is 0.00268. The van der Waals surface area contributed by atoms with E-state index in [4.69, 9.17) is 4.74 Å². The van der Waals surface area contributed by atoms with Crippen molar-refractivity contribution in [1.82, 2.24) is 4.90 Å². The summed E-state index contributed by atoms with van der Waals surface area (Å²) < 4.78 is 5.41. The van der Waals surface area contributed by atoms with Gasteiger partial charge in [0.25, 0.3) is 11.8 Å². The highest BCUT2D eigenvalue weighted by Crippen LogP contribution is 2.38. The van der Waals surface area contributed by atoms with Crippen LogP contribution in [0, 0.1) is 12.8 Å². The molecule has 0 bridgehead atoms. The van der Waals surface area contributed by atoms with E-state index < -0.39 is 0 Å². The lowest BCUT2D eigenvalue weighted by Crippen LogP contribution is -2.40. The molecule has 1 fully saturated rings. The lowest BCUT2D eigenvalue weighted by Gasteiger charge is -2.37. The summed E-state index contributed by atoms with van der Waals surface area (Å²) in [4.78, 5) is 26.8. The number of likely N-dealkylation sites (tertiary alicyclic amines) is 1. The number of hydrogen-bond donors (Lipinski definition) is 1. The fourth-order valence-electron chi connectivity index (χ4n) is 5.10. The van der Waals surface area contributed by atoms with Crippen LogP contribution in [-0.2, 0) is 4.79 Å². The molecule has 0 saturated carbocycles. The zero-order valence-electron chi connectivity index (χ0n) is 18.8. The fraction of sp³-hybridized carbons (Fsp3) is 0.286. The first-order chi connectivity index (χ1) is 16.1. The third-order valence-electron chi connectivity index (χ3n) is 6.72. The zero-order valence-corrected chi connectivity index (χ0v) is 18.8. The molecule has 3 aromatic rings. The van der Waals surface area contributed by atoms with Gasteiger partial charge in [-0.25, -0.2) is 0 Å². The number of nitrogens with one attached hydrogen (secondary N) is 1. The van der Waals surface area contributed by atoms with Crippen LogP contribution in [0.15, 0.2) is 72.8 Å². The van der Waals surface area contributed by atoms with E-state index in [1.165, 1.54) is 16.7 Å². The normalized spacial score (nSPS) is 17.0. The van der Waals surface area contributed by atoms with Crippen LogP contribution in [0.5, 0.6) is 5.75 Å². The Morgan fingerprint density at radius 2 is 1.73 bits per heavy atom. The van der Waals surface area contributed by atoms with E-state index in [2.05, 4.69) is 66.8 Å². The van der Waals surface area contributed by atoms with Crippen molar-refractivity contribution in [3.05, 3.63) is 95.1 Å². The molecule has 0 spiro atoms. The van der Waals surface area contributed by atoms with Gasteiger partial charge in [-0.2, -0.15) is 0 Å². The third-order valence-corrected chi connectivity index (χ3v) is 6.72. The van der Waals surface area contributed by atoms with Crippen molar-refractivity contribution in [2.24, 2.45) is 5.92 Å². The van der Waals surface area contributed by atoms with Gasteiger partial charge < -0.3 is 15.0 Å². The van der Waals surface area contributed by atoms with Crippen molar-refractivity contribution in [2.75, 3.05) is 25.0 Å². The predicted molar refractivity (Wildman–Crippen MR) is 129 cm³/mol. The summed E-state index contributed by atoms with van der Waals surface area (Å²) in [5.41, 5.74) is 5.09. The Labute approximate surface area is 194 Å². The van der Waals surface area contributed by atoms with Crippen molar-refractivity contribution >= 4 is 17.5 Å². The van der Waals surface area contributed by atoms with Crippen molar-refractivity contribution in [1.29, 1.82) is 0 Å². The van der Waals surface area contributed by atoms with Gasteiger partial charge in [0.15, 0.2) is 6.61 Å².